The van der Waals surface area contributed by atoms with Crippen LogP contribution >= 0.6 is 12.4 Å². The van der Waals surface area contributed by atoms with Gasteiger partial charge >= 0.3 is 0 Å². The van der Waals surface area contributed by atoms with E-state index in [0.717, 1.165) is 29.1 Å². The minimum absolute atomic E-state index is 0. The molecule has 1 aromatic heterocycles. The van der Waals surface area contributed by atoms with Gasteiger partial charge in [0, 0.05) is 17.8 Å². The second-order valence-corrected chi connectivity index (χ2v) is 4.76. The van der Waals surface area contributed by atoms with Crippen LogP contribution in [0.3, 0.4) is 0 Å². The zero-order valence-corrected chi connectivity index (χ0v) is 13.2. The topological polar surface area (TPSA) is 67.2 Å². The van der Waals surface area contributed by atoms with Crippen LogP contribution < -0.4 is 10.6 Å². The van der Waals surface area contributed by atoms with Crippen molar-refractivity contribution < 1.29 is 9.32 Å². The standard InChI is InChI=1S/C15H19N3O2.ClH/c1-10-14(11(2)20-18-10)8-15(19)17-13-6-4-5-12(7-13)9-16-3;/h4-7,16H,8-9H2,1-3H3,(H,17,19);1H. The van der Waals surface area contributed by atoms with Gasteiger partial charge in [-0.05, 0) is 38.6 Å². The monoisotopic (exact) mass is 309 g/mol. The number of hydrogen-bond acceptors (Lipinski definition) is 4. The van der Waals surface area contributed by atoms with Gasteiger partial charge in [0.1, 0.15) is 5.76 Å². The quantitative estimate of drug-likeness (QED) is 0.891. The normalized spacial score (nSPS) is 10.0. The molecule has 2 rings (SSSR count). The number of anilines is 1. The van der Waals surface area contributed by atoms with Gasteiger partial charge in [-0.15, -0.1) is 12.4 Å². The molecular weight excluding hydrogens is 290 g/mol. The van der Waals surface area contributed by atoms with Crippen LogP contribution in [0.2, 0.25) is 0 Å². The second-order valence-electron chi connectivity index (χ2n) is 4.76. The molecule has 0 unspecified atom stereocenters. The predicted molar refractivity (Wildman–Crippen MR) is 84.8 cm³/mol. The van der Waals surface area contributed by atoms with Crippen molar-refractivity contribution in [2.24, 2.45) is 0 Å². The van der Waals surface area contributed by atoms with Crippen LogP contribution in [0.15, 0.2) is 28.8 Å². The smallest absolute Gasteiger partial charge is 0.228 e. The molecule has 2 N–H and O–H groups in total. The summed E-state index contributed by atoms with van der Waals surface area (Å²) in [4.78, 5) is 12.1. The van der Waals surface area contributed by atoms with Crippen molar-refractivity contribution >= 4 is 24.0 Å². The first-order valence-corrected chi connectivity index (χ1v) is 6.55. The summed E-state index contributed by atoms with van der Waals surface area (Å²) in [5.41, 5.74) is 3.55. The first kappa shape index (κ1) is 17.2. The van der Waals surface area contributed by atoms with Gasteiger partial charge in [0.15, 0.2) is 0 Å². The average molecular weight is 310 g/mol. The van der Waals surface area contributed by atoms with Gasteiger partial charge in [-0.25, -0.2) is 0 Å². The number of rotatable bonds is 5. The van der Waals surface area contributed by atoms with Crippen LogP contribution in [0.1, 0.15) is 22.6 Å². The summed E-state index contributed by atoms with van der Waals surface area (Å²) in [5, 5.41) is 9.83. The number of carbonyl (C=O) groups excluding carboxylic acids is 1. The third-order valence-corrected chi connectivity index (χ3v) is 3.11. The Balaban J connectivity index is 0.00000220. The Morgan fingerprint density at radius 2 is 2.10 bits per heavy atom. The lowest BCUT2D eigenvalue weighted by molar-refractivity contribution is -0.115. The molecule has 2 aromatic rings. The molecule has 5 nitrogen and oxygen atoms in total. The second kappa shape index (κ2) is 7.81. The maximum absolute atomic E-state index is 12.1. The fraction of sp³-hybridized carbons (Fsp3) is 0.333. The van der Waals surface area contributed by atoms with Crippen LogP contribution in [-0.4, -0.2) is 18.1 Å². The molecule has 0 fully saturated rings. The van der Waals surface area contributed by atoms with Crippen molar-refractivity contribution in [3.8, 4) is 0 Å². The Kier molecular flexibility index (Phi) is 6.39. The van der Waals surface area contributed by atoms with Crippen LogP contribution in [0, 0.1) is 13.8 Å². The number of halogens is 1. The third kappa shape index (κ3) is 4.58. The SMILES string of the molecule is CNCc1cccc(NC(=O)Cc2c(C)noc2C)c1.Cl. The third-order valence-electron chi connectivity index (χ3n) is 3.11. The summed E-state index contributed by atoms with van der Waals surface area (Å²) in [6.07, 6.45) is 0.275. The minimum Gasteiger partial charge on any atom is -0.361 e. The molecule has 114 valence electrons. The van der Waals surface area contributed by atoms with Crippen LogP contribution in [0.4, 0.5) is 5.69 Å². The lowest BCUT2D eigenvalue weighted by atomic mass is 10.1. The van der Waals surface area contributed by atoms with Crippen molar-refractivity contribution in [2.45, 2.75) is 26.8 Å². The Bertz CT molecular complexity index is 591. The van der Waals surface area contributed by atoms with Gasteiger partial charge in [0.05, 0.1) is 12.1 Å². The molecule has 0 aliphatic heterocycles. The number of nitrogens with zero attached hydrogens (tertiary/aromatic N) is 1. The molecule has 1 amide bonds. The van der Waals surface area contributed by atoms with E-state index in [1.54, 1.807) is 0 Å². The minimum atomic E-state index is -0.0685. The molecule has 1 aromatic carbocycles. The van der Waals surface area contributed by atoms with Crippen molar-refractivity contribution in [3.63, 3.8) is 0 Å². The zero-order valence-electron chi connectivity index (χ0n) is 12.4. The summed E-state index contributed by atoms with van der Waals surface area (Å²) in [7, 11) is 1.89. The summed E-state index contributed by atoms with van der Waals surface area (Å²) >= 11 is 0. The predicted octanol–water partition coefficient (Wildman–Crippen LogP) is 2.61. The fourth-order valence-electron chi connectivity index (χ4n) is 2.08. The van der Waals surface area contributed by atoms with E-state index in [1.165, 1.54) is 0 Å². The first-order valence-electron chi connectivity index (χ1n) is 6.55. The lowest BCUT2D eigenvalue weighted by Crippen LogP contribution is -2.15. The first-order chi connectivity index (χ1) is 9.60. The molecule has 1 heterocycles. The number of nitrogens with one attached hydrogen (secondary N) is 2. The highest BCUT2D eigenvalue weighted by atomic mass is 35.5. The zero-order chi connectivity index (χ0) is 14.5. The largest absolute Gasteiger partial charge is 0.361 e. The number of carbonyl (C=O) groups is 1. The van der Waals surface area contributed by atoms with Crippen molar-refractivity contribution in [1.29, 1.82) is 0 Å². The average Bonchev–Trinajstić information content (AvgIpc) is 2.71. The van der Waals surface area contributed by atoms with Gasteiger partial charge in [-0.2, -0.15) is 0 Å². The van der Waals surface area contributed by atoms with E-state index >= 15 is 0 Å². The van der Waals surface area contributed by atoms with Crippen molar-refractivity contribution in [1.82, 2.24) is 10.5 Å². The lowest BCUT2D eigenvalue weighted by Gasteiger charge is -2.07. The van der Waals surface area contributed by atoms with Gasteiger partial charge < -0.3 is 15.2 Å². The van der Waals surface area contributed by atoms with E-state index in [0.29, 0.717) is 5.76 Å². The highest BCUT2D eigenvalue weighted by Crippen LogP contribution is 2.15. The number of amides is 1. The van der Waals surface area contributed by atoms with Gasteiger partial charge in [-0.1, -0.05) is 17.3 Å². The fourth-order valence-corrected chi connectivity index (χ4v) is 2.08. The van der Waals surface area contributed by atoms with E-state index in [1.807, 2.05) is 45.2 Å². The van der Waals surface area contributed by atoms with Crippen LogP contribution in [-0.2, 0) is 17.8 Å². The number of aromatic nitrogens is 1. The Morgan fingerprint density at radius 3 is 2.71 bits per heavy atom. The van der Waals surface area contributed by atoms with E-state index in [2.05, 4.69) is 15.8 Å². The summed E-state index contributed by atoms with van der Waals surface area (Å²) < 4.78 is 5.06. The molecule has 0 saturated heterocycles. The molecule has 0 radical (unpaired) electrons. The maximum atomic E-state index is 12.1. The van der Waals surface area contributed by atoms with E-state index in [9.17, 15) is 4.79 Å². The van der Waals surface area contributed by atoms with Gasteiger partial charge in [0.2, 0.25) is 5.91 Å². The molecule has 0 atom stereocenters. The molecule has 0 aliphatic carbocycles. The number of benzene rings is 1. The molecule has 0 saturated carbocycles. The molecule has 6 heteroatoms. The van der Waals surface area contributed by atoms with Crippen LogP contribution in [0.5, 0.6) is 0 Å². The highest BCUT2D eigenvalue weighted by Gasteiger charge is 2.13. The molecule has 0 aliphatic rings. The molecule has 0 bridgehead atoms. The number of hydrogen-bond donors (Lipinski definition) is 2. The Labute approximate surface area is 130 Å². The number of aryl methyl sites for hydroxylation is 2. The van der Waals surface area contributed by atoms with Gasteiger partial charge in [-0.3, -0.25) is 4.79 Å². The van der Waals surface area contributed by atoms with E-state index < -0.39 is 0 Å². The van der Waals surface area contributed by atoms with Gasteiger partial charge in [0.25, 0.3) is 0 Å². The van der Waals surface area contributed by atoms with Crippen LogP contribution in [0.25, 0.3) is 0 Å². The molecule has 0 spiro atoms. The molecule has 21 heavy (non-hydrogen) atoms. The molecular formula is C15H20ClN3O2. The van der Waals surface area contributed by atoms with Crippen molar-refractivity contribution in [3.05, 3.63) is 46.8 Å². The maximum Gasteiger partial charge on any atom is 0.228 e. The Morgan fingerprint density at radius 1 is 1.33 bits per heavy atom. The summed E-state index contributed by atoms with van der Waals surface area (Å²) in [5.74, 6) is 0.627. The summed E-state index contributed by atoms with van der Waals surface area (Å²) in [6.45, 7) is 4.43. The van der Waals surface area contributed by atoms with Crippen molar-refractivity contribution in [2.75, 3.05) is 12.4 Å². The van der Waals surface area contributed by atoms with E-state index in [4.69, 9.17) is 4.52 Å². The van der Waals surface area contributed by atoms with E-state index in [-0.39, 0.29) is 24.7 Å². The Hall–Kier alpha value is -1.85. The highest BCUT2D eigenvalue weighted by molar-refractivity contribution is 5.92. The summed E-state index contributed by atoms with van der Waals surface area (Å²) in [6, 6.07) is 7.78.